The number of hydrogen-bond acceptors (Lipinski definition) is 3. The highest BCUT2D eigenvalue weighted by Crippen LogP contribution is 2.16. The van der Waals surface area contributed by atoms with Gasteiger partial charge in [0.05, 0.1) is 11.8 Å². The van der Waals surface area contributed by atoms with Crippen molar-refractivity contribution in [1.82, 2.24) is 0 Å². The van der Waals surface area contributed by atoms with E-state index < -0.39 is 0 Å². The Morgan fingerprint density at radius 3 is 2.94 bits per heavy atom. The molecule has 1 aromatic rings. The number of para-hydroxylation sites is 1. The van der Waals surface area contributed by atoms with E-state index in [4.69, 9.17) is 5.26 Å². The number of rotatable bonds is 7. The van der Waals surface area contributed by atoms with Crippen molar-refractivity contribution in [2.24, 2.45) is 0 Å². The van der Waals surface area contributed by atoms with Crippen LogP contribution in [0.4, 0.5) is 5.69 Å². The third kappa shape index (κ3) is 5.24. The predicted octanol–water partition coefficient (Wildman–Crippen LogP) is 3.22. The average Bonchev–Trinajstić information content (AvgIpc) is 2.39. The van der Waals surface area contributed by atoms with Gasteiger partial charge in [0, 0.05) is 12.1 Å². The van der Waals surface area contributed by atoms with E-state index in [1.54, 1.807) is 11.8 Å². The second-order valence-corrected chi connectivity index (χ2v) is 4.98. The number of carbonyl (C=O) groups is 1. The predicted molar refractivity (Wildman–Crippen MR) is 76.6 cm³/mol. The molecule has 0 heterocycles. The third-order valence-electron chi connectivity index (χ3n) is 2.48. The molecular formula is C14H18N2OS. The summed E-state index contributed by atoms with van der Waals surface area (Å²) in [5, 5.41) is 11.3. The minimum atomic E-state index is 0.0258. The highest BCUT2D eigenvalue weighted by Gasteiger charge is 2.05. The fourth-order valence-corrected chi connectivity index (χ4v) is 2.31. The van der Waals surface area contributed by atoms with E-state index in [0.717, 1.165) is 29.8 Å². The van der Waals surface area contributed by atoms with Crippen LogP contribution >= 0.6 is 11.8 Å². The van der Waals surface area contributed by atoms with E-state index in [-0.39, 0.29) is 5.91 Å². The zero-order valence-corrected chi connectivity index (χ0v) is 11.4. The van der Waals surface area contributed by atoms with Crippen LogP contribution in [-0.2, 0) is 11.2 Å². The van der Waals surface area contributed by atoms with Gasteiger partial charge in [0.25, 0.3) is 0 Å². The standard InChI is InChI=1S/C14H18N2OS/c1-2-12-7-3-4-8-13(12)16-14(17)11-18-10-6-5-9-15/h3-4,7-8H,2,5-6,10-11H2,1H3,(H,16,17). The molecule has 0 fully saturated rings. The third-order valence-corrected chi connectivity index (χ3v) is 3.53. The van der Waals surface area contributed by atoms with Gasteiger partial charge in [-0.05, 0) is 30.2 Å². The molecule has 1 aromatic carbocycles. The van der Waals surface area contributed by atoms with E-state index in [2.05, 4.69) is 18.3 Å². The second-order valence-electron chi connectivity index (χ2n) is 3.87. The highest BCUT2D eigenvalue weighted by molar-refractivity contribution is 7.99. The van der Waals surface area contributed by atoms with Crippen molar-refractivity contribution in [3.8, 4) is 6.07 Å². The molecule has 1 rings (SSSR count). The Hall–Kier alpha value is -1.47. The number of carbonyl (C=O) groups excluding carboxylic acids is 1. The van der Waals surface area contributed by atoms with Gasteiger partial charge >= 0.3 is 0 Å². The van der Waals surface area contributed by atoms with Gasteiger partial charge in [-0.1, -0.05) is 25.1 Å². The zero-order valence-electron chi connectivity index (χ0n) is 10.6. The summed E-state index contributed by atoms with van der Waals surface area (Å²) in [6.45, 7) is 2.07. The molecule has 0 bridgehead atoms. The number of benzene rings is 1. The first kappa shape index (κ1) is 14.6. The molecule has 1 amide bonds. The Balaban J connectivity index is 2.33. The lowest BCUT2D eigenvalue weighted by atomic mass is 10.1. The molecule has 0 aliphatic rings. The topological polar surface area (TPSA) is 52.9 Å². The molecule has 0 saturated heterocycles. The Labute approximate surface area is 113 Å². The normalized spacial score (nSPS) is 9.78. The van der Waals surface area contributed by atoms with Crippen molar-refractivity contribution < 1.29 is 4.79 Å². The van der Waals surface area contributed by atoms with Crippen LogP contribution in [-0.4, -0.2) is 17.4 Å². The Kier molecular flexibility index (Phi) is 6.97. The second kappa shape index (κ2) is 8.60. The number of anilines is 1. The van der Waals surface area contributed by atoms with Crippen LogP contribution in [0.1, 0.15) is 25.3 Å². The van der Waals surface area contributed by atoms with E-state index in [0.29, 0.717) is 12.2 Å². The van der Waals surface area contributed by atoms with Crippen molar-refractivity contribution in [1.29, 1.82) is 5.26 Å². The number of nitrogens with one attached hydrogen (secondary N) is 1. The highest BCUT2D eigenvalue weighted by atomic mass is 32.2. The largest absolute Gasteiger partial charge is 0.325 e. The smallest absolute Gasteiger partial charge is 0.234 e. The first-order valence-electron chi connectivity index (χ1n) is 6.10. The minimum absolute atomic E-state index is 0.0258. The average molecular weight is 262 g/mol. The molecule has 18 heavy (non-hydrogen) atoms. The lowest BCUT2D eigenvalue weighted by Gasteiger charge is -2.09. The molecule has 0 spiro atoms. The van der Waals surface area contributed by atoms with E-state index >= 15 is 0 Å². The Bertz CT molecular complexity index is 426. The number of thioether (sulfide) groups is 1. The molecule has 0 aliphatic heterocycles. The molecular weight excluding hydrogens is 244 g/mol. The van der Waals surface area contributed by atoms with E-state index in [9.17, 15) is 4.79 Å². The van der Waals surface area contributed by atoms with Crippen molar-refractivity contribution in [3.05, 3.63) is 29.8 Å². The van der Waals surface area contributed by atoms with Crippen LogP contribution in [0.15, 0.2) is 24.3 Å². The van der Waals surface area contributed by atoms with Crippen molar-refractivity contribution in [3.63, 3.8) is 0 Å². The number of aryl methyl sites for hydroxylation is 1. The van der Waals surface area contributed by atoms with E-state index in [1.165, 1.54) is 0 Å². The lowest BCUT2D eigenvalue weighted by Crippen LogP contribution is -2.15. The number of nitriles is 1. The maximum Gasteiger partial charge on any atom is 0.234 e. The maximum atomic E-state index is 11.7. The summed E-state index contributed by atoms with van der Waals surface area (Å²) in [7, 11) is 0. The summed E-state index contributed by atoms with van der Waals surface area (Å²) < 4.78 is 0. The molecule has 4 heteroatoms. The molecule has 0 radical (unpaired) electrons. The van der Waals surface area contributed by atoms with Gasteiger partial charge in [0.15, 0.2) is 0 Å². The molecule has 0 atom stereocenters. The molecule has 0 unspecified atom stereocenters. The van der Waals surface area contributed by atoms with Crippen LogP contribution in [0.2, 0.25) is 0 Å². The van der Waals surface area contributed by atoms with Gasteiger partial charge in [-0.25, -0.2) is 0 Å². The van der Waals surface area contributed by atoms with Crippen LogP contribution < -0.4 is 5.32 Å². The summed E-state index contributed by atoms with van der Waals surface area (Å²) in [6, 6.07) is 9.95. The Morgan fingerprint density at radius 2 is 2.22 bits per heavy atom. The number of unbranched alkanes of at least 4 members (excludes halogenated alkanes) is 1. The fourth-order valence-electron chi connectivity index (χ4n) is 1.55. The SMILES string of the molecule is CCc1ccccc1NC(=O)CSCCCC#N. The summed E-state index contributed by atoms with van der Waals surface area (Å²) in [6.07, 6.45) is 2.32. The van der Waals surface area contributed by atoms with Gasteiger partial charge in [-0.15, -0.1) is 0 Å². The number of nitrogens with zero attached hydrogens (tertiary/aromatic N) is 1. The first-order valence-corrected chi connectivity index (χ1v) is 7.25. The van der Waals surface area contributed by atoms with Gasteiger partial charge in [0.1, 0.15) is 0 Å². The quantitative estimate of drug-likeness (QED) is 0.768. The molecule has 0 aliphatic carbocycles. The van der Waals surface area contributed by atoms with Crippen LogP contribution in [0, 0.1) is 11.3 Å². The lowest BCUT2D eigenvalue weighted by molar-refractivity contribution is -0.113. The summed E-state index contributed by atoms with van der Waals surface area (Å²) in [4.78, 5) is 11.7. The molecule has 1 N–H and O–H groups in total. The Morgan fingerprint density at radius 1 is 1.44 bits per heavy atom. The van der Waals surface area contributed by atoms with Crippen LogP contribution in [0.3, 0.4) is 0 Å². The van der Waals surface area contributed by atoms with Gasteiger partial charge < -0.3 is 5.32 Å². The molecule has 3 nitrogen and oxygen atoms in total. The fraction of sp³-hybridized carbons (Fsp3) is 0.429. The van der Waals surface area contributed by atoms with Gasteiger partial charge in [-0.2, -0.15) is 17.0 Å². The van der Waals surface area contributed by atoms with E-state index in [1.807, 2.05) is 24.3 Å². The number of amides is 1. The van der Waals surface area contributed by atoms with Crippen molar-refractivity contribution >= 4 is 23.4 Å². The van der Waals surface area contributed by atoms with Crippen LogP contribution in [0.5, 0.6) is 0 Å². The summed E-state index contributed by atoms with van der Waals surface area (Å²) in [5.41, 5.74) is 2.06. The minimum Gasteiger partial charge on any atom is -0.325 e. The monoisotopic (exact) mass is 262 g/mol. The first-order chi connectivity index (χ1) is 8.77. The number of hydrogen-bond donors (Lipinski definition) is 1. The van der Waals surface area contributed by atoms with Gasteiger partial charge in [-0.3, -0.25) is 4.79 Å². The summed E-state index contributed by atoms with van der Waals surface area (Å²) >= 11 is 1.57. The molecule has 96 valence electrons. The summed E-state index contributed by atoms with van der Waals surface area (Å²) in [5.74, 6) is 1.33. The molecule has 0 aromatic heterocycles. The van der Waals surface area contributed by atoms with Crippen molar-refractivity contribution in [2.75, 3.05) is 16.8 Å². The zero-order chi connectivity index (χ0) is 13.2. The van der Waals surface area contributed by atoms with Crippen LogP contribution in [0.25, 0.3) is 0 Å². The molecule has 0 saturated carbocycles. The van der Waals surface area contributed by atoms with Gasteiger partial charge in [0.2, 0.25) is 5.91 Å². The van der Waals surface area contributed by atoms with Crippen molar-refractivity contribution in [2.45, 2.75) is 26.2 Å². The maximum absolute atomic E-state index is 11.7.